The number of rotatable bonds is 16. The van der Waals surface area contributed by atoms with Gasteiger partial charge in [0.25, 0.3) is 0 Å². The van der Waals surface area contributed by atoms with E-state index in [4.69, 9.17) is 20.4 Å². The molecule has 12 aliphatic carbocycles. The lowest BCUT2D eigenvalue weighted by Gasteiger charge is -2.75. The Morgan fingerprint density at radius 1 is 0.326 bits per heavy atom. The van der Waals surface area contributed by atoms with E-state index in [-0.39, 0.29) is 91.8 Å². The van der Waals surface area contributed by atoms with Crippen molar-refractivity contribution < 1.29 is 83.5 Å². The molecule has 16 aliphatic rings. The van der Waals surface area contributed by atoms with E-state index in [0.29, 0.717) is 62.2 Å². The first kappa shape index (κ1) is 89.9. The molecule has 8 fully saturated rings. The highest BCUT2D eigenvalue weighted by Gasteiger charge is 2.71. The molecular weight excluding hydrogens is 1700 g/mol. The van der Waals surface area contributed by atoms with Crippen LogP contribution in [-0.2, 0) is 44.9 Å². The van der Waals surface area contributed by atoms with Gasteiger partial charge in [0, 0.05) is 93.9 Å². The average Bonchev–Trinajstić information content (AvgIpc) is 0.802. The van der Waals surface area contributed by atoms with Crippen molar-refractivity contribution in [2.24, 2.45) is 10.8 Å². The van der Waals surface area contributed by atoms with Crippen LogP contribution in [0.2, 0.25) is 0 Å². The minimum absolute atomic E-state index is 0.00797. The number of hydrogen-bond acceptors (Lipinski definition) is 8. The molecule has 132 heavy (non-hydrogen) atoms. The van der Waals surface area contributed by atoms with E-state index >= 15 is 35.1 Å². The Bertz CT molecular complexity index is 5900. The van der Waals surface area contributed by atoms with Crippen molar-refractivity contribution in [1.82, 2.24) is 19.6 Å². The third-order valence-corrected chi connectivity index (χ3v) is 31.2. The number of hydrogen-bond donors (Lipinski definition) is 4. The van der Waals surface area contributed by atoms with Crippen molar-refractivity contribution in [3.63, 3.8) is 0 Å². The molecule has 0 unspecified atom stereocenters. The van der Waals surface area contributed by atoms with E-state index in [2.05, 4.69) is 83.7 Å². The van der Waals surface area contributed by atoms with Crippen molar-refractivity contribution in [3.05, 3.63) is 328 Å². The Morgan fingerprint density at radius 2 is 0.538 bits per heavy atom. The van der Waals surface area contributed by atoms with Gasteiger partial charge in [-0.3, -0.25) is 19.6 Å². The number of nitrogens with zero attached hydrogens (tertiary/aromatic N) is 4. The van der Waals surface area contributed by atoms with Crippen LogP contribution in [0.5, 0.6) is 0 Å². The van der Waals surface area contributed by atoms with Gasteiger partial charge in [-0.2, -0.15) is 0 Å². The highest BCUT2D eigenvalue weighted by atomic mass is 19.2. The minimum Gasteiger partial charge on any atom is -0.478 e. The summed E-state index contributed by atoms with van der Waals surface area (Å²) in [7, 11) is 0. The summed E-state index contributed by atoms with van der Waals surface area (Å²) < 4.78 is 153. The topological polar surface area (TPSA) is 162 Å². The molecular formula is C110H106F10N4O8. The molecule has 4 bridgehead atoms. The van der Waals surface area contributed by atoms with Gasteiger partial charge in [-0.05, 0) is 352 Å². The molecule has 0 aromatic heterocycles. The molecule has 8 saturated carbocycles. The molecule has 8 atom stereocenters. The van der Waals surface area contributed by atoms with Crippen LogP contribution in [0.1, 0.15) is 258 Å². The van der Waals surface area contributed by atoms with Crippen LogP contribution < -0.4 is 0 Å². The standard InChI is InChI=1S/2C28H27F2NO2.2C27H26F3NO2/c2*1-16-9-20-19-6-4-3-5-18(19)12-21(20)26(31(16)28-13-27(2,14-28)15-28)25-22(29)10-17(11-23(25)30)7-8-24(32)33;2*1-15-9-20-19-6-4-3-5-17(19)12-21(20)26(31(15)18-13-27(2,30)14-18)25-22(28)10-16(11-23(25)29)7-8-24(32)33/h2*3-8,10-11,16,26H,9,12-15H2,1-2H3,(H,32,33);2*3-8,10-11,15,18,26H,9,12-14H2,1-2H3,(H,32,33)/b4*8-7+/t2*16-,26+,27?,28?;2*15-,18?,26+,27?/m1010/s1. The molecule has 684 valence electrons. The molecule has 22 heteroatoms. The fourth-order valence-electron chi connectivity index (χ4n) is 26.8. The van der Waals surface area contributed by atoms with E-state index in [1.807, 2.05) is 74.5 Å². The number of aliphatic carboxylic acids is 4. The molecule has 4 heterocycles. The van der Waals surface area contributed by atoms with Crippen LogP contribution in [0.3, 0.4) is 0 Å². The molecule has 0 radical (unpaired) electrons. The lowest BCUT2D eigenvalue weighted by molar-refractivity contribution is -0.231. The molecule has 4 aliphatic heterocycles. The van der Waals surface area contributed by atoms with Crippen LogP contribution in [0.4, 0.5) is 43.9 Å². The average molecular weight is 1800 g/mol. The van der Waals surface area contributed by atoms with Gasteiger partial charge in [0.1, 0.15) is 57.9 Å². The fourth-order valence-corrected chi connectivity index (χ4v) is 26.8. The lowest BCUT2D eigenvalue weighted by atomic mass is 9.39. The van der Waals surface area contributed by atoms with Crippen molar-refractivity contribution >= 4 is 70.5 Å². The predicted octanol–water partition coefficient (Wildman–Crippen LogP) is 24.5. The number of carboxylic acids is 4. The Kier molecular flexibility index (Phi) is 22.7. The molecule has 24 rings (SSSR count). The Hall–Kier alpha value is -11.3. The quantitative estimate of drug-likeness (QED) is 0.0536. The summed E-state index contributed by atoms with van der Waals surface area (Å²) in [5.41, 5.74) is 17.5. The second kappa shape index (κ2) is 33.4. The van der Waals surface area contributed by atoms with E-state index in [1.54, 1.807) is 13.8 Å². The molecule has 4 N–H and O–H groups in total. The first-order valence-corrected chi connectivity index (χ1v) is 46.0. The predicted molar refractivity (Wildman–Crippen MR) is 489 cm³/mol. The summed E-state index contributed by atoms with van der Waals surface area (Å²) in [6.45, 7) is 16.2. The van der Waals surface area contributed by atoms with Crippen LogP contribution in [0, 0.1) is 57.4 Å². The Labute approximate surface area is 761 Å². The van der Waals surface area contributed by atoms with Gasteiger partial charge in [-0.25, -0.2) is 63.1 Å². The normalized spacial score (nSPS) is 30.8. The van der Waals surface area contributed by atoms with Gasteiger partial charge < -0.3 is 20.4 Å². The maximum atomic E-state index is 15.6. The molecule has 0 saturated heterocycles. The molecule has 0 amide bonds. The van der Waals surface area contributed by atoms with Gasteiger partial charge in [-0.15, -0.1) is 0 Å². The van der Waals surface area contributed by atoms with Crippen LogP contribution >= 0.6 is 0 Å². The van der Waals surface area contributed by atoms with E-state index in [0.717, 1.165) is 144 Å². The third kappa shape index (κ3) is 16.0. The SMILES string of the molecule is C[C@@H]1CC2=C(Cc3ccccc32)[C@@H](c2c(F)cc(/C=C/C(=O)O)cc2F)N1C12CC(C)(C1)C2.C[C@@H]1CC2=C(Cc3ccccc32)[C@@H](c2c(F)cc(/C=C/C(=O)O)cc2F)N1C1CC(C)(F)C1.C[C@H]1CC2=C(Cc3ccccc32)[C@H](c2c(F)cc(/C=C/C(=O)O)cc2F)N1C12CC(C)(C1)C2.C[C@H]1CC2=C(Cc3ccccc32)[C@H](c2c(F)cc(/C=C/C(=O)O)cc2F)N1C1CC(C)(F)C1. The molecule has 0 spiro atoms. The molecule has 8 aromatic rings. The highest BCUT2D eigenvalue weighted by Crippen LogP contribution is 2.74. The number of carboxylic acid groups (broad SMARTS) is 4. The van der Waals surface area contributed by atoms with Gasteiger partial charge >= 0.3 is 23.9 Å². The summed E-state index contributed by atoms with van der Waals surface area (Å²) in [6.07, 6.45) is 22.1. The summed E-state index contributed by atoms with van der Waals surface area (Å²) in [6, 6.07) is 40.5. The minimum atomic E-state index is -1.26. The summed E-state index contributed by atoms with van der Waals surface area (Å²) in [5, 5.41) is 35.5. The summed E-state index contributed by atoms with van der Waals surface area (Å²) in [5.74, 6) is -9.96. The molecule has 8 aromatic carbocycles. The lowest BCUT2D eigenvalue weighted by Crippen LogP contribution is -2.75. The molecule has 12 nitrogen and oxygen atoms in total. The number of benzene rings is 8. The Balaban J connectivity index is 0.000000114. The fraction of sp³-hybridized carbons (Fsp3) is 0.382. The number of alkyl halides is 2. The van der Waals surface area contributed by atoms with Crippen molar-refractivity contribution in [2.45, 2.75) is 254 Å². The van der Waals surface area contributed by atoms with Gasteiger partial charge in [0.05, 0.1) is 24.2 Å². The van der Waals surface area contributed by atoms with Crippen molar-refractivity contribution in [3.8, 4) is 0 Å². The number of halogens is 10. The smallest absolute Gasteiger partial charge is 0.328 e. The van der Waals surface area contributed by atoms with Gasteiger partial charge in [0.2, 0.25) is 0 Å². The first-order chi connectivity index (χ1) is 62.7. The zero-order valence-electron chi connectivity index (χ0n) is 75.0. The van der Waals surface area contributed by atoms with Crippen molar-refractivity contribution in [2.75, 3.05) is 0 Å². The summed E-state index contributed by atoms with van der Waals surface area (Å²) in [4.78, 5) is 52.4. The largest absolute Gasteiger partial charge is 0.478 e. The number of carbonyl (C=O) groups is 4. The van der Waals surface area contributed by atoms with Gasteiger partial charge in [-0.1, -0.05) is 111 Å². The van der Waals surface area contributed by atoms with Gasteiger partial charge in [0.15, 0.2) is 0 Å². The van der Waals surface area contributed by atoms with E-state index in [9.17, 15) is 28.0 Å². The van der Waals surface area contributed by atoms with Crippen LogP contribution in [0.25, 0.3) is 46.6 Å². The van der Waals surface area contributed by atoms with E-state index < -0.39 is 106 Å². The number of fused-ring (bicyclic) bond motifs is 8. The third-order valence-electron chi connectivity index (χ3n) is 31.2. The van der Waals surface area contributed by atoms with Crippen LogP contribution in [0.15, 0.2) is 192 Å². The zero-order chi connectivity index (χ0) is 93.2. The second-order valence-corrected chi connectivity index (χ2v) is 41.2. The second-order valence-electron chi connectivity index (χ2n) is 41.2. The highest BCUT2D eigenvalue weighted by molar-refractivity contribution is 5.89. The monoisotopic (exact) mass is 1800 g/mol. The van der Waals surface area contributed by atoms with E-state index in [1.165, 1.54) is 106 Å². The summed E-state index contributed by atoms with van der Waals surface area (Å²) >= 11 is 0. The zero-order valence-corrected chi connectivity index (χ0v) is 75.0. The maximum absolute atomic E-state index is 15.6. The van der Waals surface area contributed by atoms with Crippen LogP contribution in [-0.4, -0.2) is 123 Å². The Morgan fingerprint density at radius 3 is 0.758 bits per heavy atom. The first-order valence-electron chi connectivity index (χ1n) is 46.0. The maximum Gasteiger partial charge on any atom is 0.328 e. The van der Waals surface area contributed by atoms with Crippen molar-refractivity contribution in [1.29, 1.82) is 0 Å².